The lowest BCUT2D eigenvalue weighted by Gasteiger charge is -2.38. The third-order valence-corrected chi connectivity index (χ3v) is 6.02. The largest absolute Gasteiger partial charge is 0.364 e. The summed E-state index contributed by atoms with van der Waals surface area (Å²) in [7, 11) is 0. The molecule has 0 bridgehead atoms. The fourth-order valence-electron chi connectivity index (χ4n) is 4.22. The molecule has 4 rings (SSSR count). The first-order valence-electron chi connectivity index (χ1n) is 9.96. The average Bonchev–Trinajstić information content (AvgIpc) is 2.66. The van der Waals surface area contributed by atoms with E-state index < -0.39 is 5.92 Å². The van der Waals surface area contributed by atoms with Gasteiger partial charge >= 0.3 is 0 Å². The molecule has 6 heteroatoms. The van der Waals surface area contributed by atoms with Crippen LogP contribution < -0.4 is 10.6 Å². The van der Waals surface area contributed by atoms with Crippen LogP contribution in [0.2, 0.25) is 0 Å². The van der Waals surface area contributed by atoms with Crippen LogP contribution >= 0.6 is 15.9 Å². The molecule has 2 aliphatic rings. The Balaban J connectivity index is 1.76. The summed E-state index contributed by atoms with van der Waals surface area (Å²) in [6.45, 7) is 6.14. The molecule has 30 heavy (non-hydrogen) atoms. The zero-order chi connectivity index (χ0) is 21.5. The lowest BCUT2D eigenvalue weighted by Crippen LogP contribution is -2.37. The number of hydrogen-bond acceptors (Lipinski definition) is 4. The third-order valence-electron chi connectivity index (χ3n) is 5.52. The van der Waals surface area contributed by atoms with Crippen LogP contribution in [0.3, 0.4) is 0 Å². The van der Waals surface area contributed by atoms with Crippen molar-refractivity contribution in [3.05, 3.63) is 81.2 Å². The molecule has 1 amide bonds. The van der Waals surface area contributed by atoms with Crippen molar-refractivity contribution in [2.75, 3.05) is 5.32 Å². The van der Waals surface area contributed by atoms with Crippen LogP contribution in [0, 0.1) is 12.3 Å². The van der Waals surface area contributed by atoms with E-state index in [1.54, 1.807) is 12.4 Å². The smallest absolute Gasteiger partial charge is 0.255 e. The van der Waals surface area contributed by atoms with Gasteiger partial charge in [-0.15, -0.1) is 0 Å². The number of dihydropyridines is 1. The van der Waals surface area contributed by atoms with Crippen molar-refractivity contribution in [1.29, 1.82) is 0 Å². The van der Waals surface area contributed by atoms with E-state index in [-0.39, 0.29) is 17.1 Å². The van der Waals surface area contributed by atoms with Gasteiger partial charge in [0.05, 0.1) is 0 Å². The van der Waals surface area contributed by atoms with Crippen molar-refractivity contribution in [2.45, 2.75) is 39.5 Å². The van der Waals surface area contributed by atoms with Crippen LogP contribution in [0.4, 0.5) is 5.82 Å². The second kappa shape index (κ2) is 7.84. The minimum atomic E-state index is -0.424. The van der Waals surface area contributed by atoms with Crippen molar-refractivity contribution < 1.29 is 9.59 Å². The first-order chi connectivity index (χ1) is 14.2. The maximum absolute atomic E-state index is 13.3. The van der Waals surface area contributed by atoms with E-state index in [1.165, 1.54) is 0 Å². The predicted octanol–water partition coefficient (Wildman–Crippen LogP) is 5.01. The molecule has 2 heterocycles. The van der Waals surface area contributed by atoms with Crippen LogP contribution in [0.1, 0.15) is 43.7 Å². The van der Waals surface area contributed by atoms with Gasteiger partial charge in [0, 0.05) is 46.1 Å². The molecule has 2 N–H and O–H groups in total. The van der Waals surface area contributed by atoms with Crippen LogP contribution in [0.5, 0.6) is 0 Å². The molecule has 1 aliphatic carbocycles. The maximum Gasteiger partial charge on any atom is 0.255 e. The number of benzene rings is 1. The lowest BCUT2D eigenvalue weighted by molar-refractivity contribution is -0.118. The summed E-state index contributed by atoms with van der Waals surface area (Å²) in [6.07, 6.45) is 4.64. The van der Waals surface area contributed by atoms with E-state index in [4.69, 9.17) is 0 Å². The molecule has 1 aromatic carbocycles. The number of ketones is 1. The molecule has 1 unspecified atom stereocenters. The van der Waals surface area contributed by atoms with Gasteiger partial charge in [-0.05, 0) is 54.2 Å². The molecular weight excluding hydrogens is 442 g/mol. The van der Waals surface area contributed by atoms with Crippen LogP contribution in [-0.4, -0.2) is 16.7 Å². The monoisotopic (exact) mass is 465 g/mol. The zero-order valence-corrected chi connectivity index (χ0v) is 18.8. The number of nitrogens with zero attached hydrogens (tertiary/aromatic N) is 1. The number of anilines is 1. The number of rotatable bonds is 3. The Bertz CT molecular complexity index is 1100. The summed E-state index contributed by atoms with van der Waals surface area (Å²) in [4.78, 5) is 30.7. The Kier molecular flexibility index (Phi) is 5.36. The molecule has 1 aliphatic heterocycles. The second-order valence-corrected chi connectivity index (χ2v) is 9.65. The topological polar surface area (TPSA) is 71.1 Å². The number of pyridine rings is 1. The number of carbonyl (C=O) groups excluding carboxylic acids is 2. The number of Topliss-reactive ketones (excluding diaryl/α,β-unsaturated/α-hetero) is 1. The molecule has 0 saturated carbocycles. The number of allylic oxidation sites excluding steroid dienone is 2. The molecule has 0 spiro atoms. The summed E-state index contributed by atoms with van der Waals surface area (Å²) >= 11 is 3.52. The van der Waals surface area contributed by atoms with E-state index in [0.29, 0.717) is 23.4 Å². The van der Waals surface area contributed by atoms with Crippen LogP contribution in [0.25, 0.3) is 0 Å². The van der Waals surface area contributed by atoms with Gasteiger partial charge in [0.25, 0.3) is 5.91 Å². The van der Waals surface area contributed by atoms with Gasteiger partial charge in [-0.3, -0.25) is 9.59 Å². The Morgan fingerprint density at radius 3 is 2.77 bits per heavy atom. The van der Waals surface area contributed by atoms with Gasteiger partial charge in [0.1, 0.15) is 5.82 Å². The van der Waals surface area contributed by atoms with Crippen molar-refractivity contribution >= 4 is 33.4 Å². The zero-order valence-electron chi connectivity index (χ0n) is 17.3. The Morgan fingerprint density at radius 2 is 2.03 bits per heavy atom. The first kappa shape index (κ1) is 20.5. The first-order valence-corrected chi connectivity index (χ1v) is 10.8. The van der Waals surface area contributed by atoms with Crippen molar-refractivity contribution in [3.8, 4) is 0 Å². The molecule has 1 aromatic heterocycles. The number of aromatic nitrogens is 1. The van der Waals surface area contributed by atoms with Crippen molar-refractivity contribution in [2.24, 2.45) is 5.41 Å². The molecule has 2 aromatic rings. The lowest BCUT2D eigenvalue weighted by atomic mass is 9.69. The van der Waals surface area contributed by atoms with Gasteiger partial charge in [-0.25, -0.2) is 4.98 Å². The average molecular weight is 466 g/mol. The van der Waals surface area contributed by atoms with Crippen molar-refractivity contribution in [1.82, 2.24) is 10.3 Å². The van der Waals surface area contributed by atoms with E-state index >= 15 is 0 Å². The number of nitrogens with one attached hydrogen (secondary N) is 2. The van der Waals surface area contributed by atoms with E-state index in [2.05, 4.69) is 45.4 Å². The Hall–Kier alpha value is -2.73. The molecular formula is C24H24BrN3O2. The second-order valence-electron chi connectivity index (χ2n) is 8.74. The fraction of sp³-hybridized carbons (Fsp3) is 0.292. The molecule has 0 saturated heterocycles. The van der Waals surface area contributed by atoms with Crippen LogP contribution in [0.15, 0.2) is 70.1 Å². The highest BCUT2D eigenvalue weighted by Gasteiger charge is 2.41. The summed E-state index contributed by atoms with van der Waals surface area (Å²) in [5, 5.41) is 6.14. The number of carbonyl (C=O) groups is 2. The highest BCUT2D eigenvalue weighted by atomic mass is 79.9. The van der Waals surface area contributed by atoms with Gasteiger partial charge in [0.15, 0.2) is 5.78 Å². The van der Waals surface area contributed by atoms with Gasteiger partial charge in [-0.2, -0.15) is 0 Å². The summed E-state index contributed by atoms with van der Waals surface area (Å²) in [5.41, 5.74) is 3.91. The predicted molar refractivity (Wildman–Crippen MR) is 121 cm³/mol. The quantitative estimate of drug-likeness (QED) is 0.668. The maximum atomic E-state index is 13.3. The van der Waals surface area contributed by atoms with Gasteiger partial charge in [0.2, 0.25) is 0 Å². The fourth-order valence-corrected chi connectivity index (χ4v) is 4.64. The summed E-state index contributed by atoms with van der Waals surface area (Å²) in [5.74, 6) is -0.113. The molecule has 154 valence electrons. The number of halogens is 1. The molecule has 5 nitrogen and oxygen atoms in total. The Morgan fingerprint density at radius 1 is 1.23 bits per heavy atom. The minimum Gasteiger partial charge on any atom is -0.364 e. The minimum absolute atomic E-state index is 0.0887. The standard InChI is InChI=1S/C24H24BrN3O2/c1-14-7-8-26-20(9-14)28-23(30)17-13-27-18-11-24(2,3)12-19(29)22(18)21(17)15-5-4-6-16(25)10-15/h4-10,13,21,27H,11-12H2,1-3H3,(H,26,28,30). The van der Waals surface area contributed by atoms with E-state index in [1.807, 2.05) is 43.3 Å². The highest BCUT2D eigenvalue weighted by Crippen LogP contribution is 2.45. The van der Waals surface area contributed by atoms with E-state index in [9.17, 15) is 9.59 Å². The van der Waals surface area contributed by atoms with Gasteiger partial charge in [-0.1, -0.05) is 41.9 Å². The van der Waals surface area contributed by atoms with E-state index in [0.717, 1.165) is 27.7 Å². The van der Waals surface area contributed by atoms with Crippen molar-refractivity contribution in [3.63, 3.8) is 0 Å². The molecule has 1 atom stereocenters. The summed E-state index contributed by atoms with van der Waals surface area (Å²) in [6, 6.07) is 11.5. The van der Waals surface area contributed by atoms with Gasteiger partial charge < -0.3 is 10.6 Å². The third kappa shape index (κ3) is 4.10. The highest BCUT2D eigenvalue weighted by molar-refractivity contribution is 9.10. The van der Waals surface area contributed by atoms with Crippen LogP contribution in [-0.2, 0) is 9.59 Å². The number of aryl methyl sites for hydroxylation is 1. The summed E-state index contributed by atoms with van der Waals surface area (Å²) < 4.78 is 0.907. The number of hydrogen-bond donors (Lipinski definition) is 2. The Labute approximate surface area is 184 Å². The number of amides is 1. The molecule has 0 fully saturated rings. The SMILES string of the molecule is Cc1ccnc(NC(=O)C2=CNC3=C(C(=O)CC(C)(C)C3)C2c2cccc(Br)c2)c1. The normalized spacial score (nSPS) is 20.2. The molecule has 0 radical (unpaired) electrons.